The number of ketones is 1. The van der Waals surface area contributed by atoms with Gasteiger partial charge in [-0.15, -0.1) is 0 Å². The Morgan fingerprint density at radius 1 is 0.420 bits per heavy atom. The van der Waals surface area contributed by atoms with E-state index in [-0.39, 0.29) is 69.4 Å². The summed E-state index contributed by atoms with van der Waals surface area (Å²) in [5, 5.41) is 44.7. The van der Waals surface area contributed by atoms with Gasteiger partial charge in [0.2, 0.25) is 17.5 Å². The van der Waals surface area contributed by atoms with Crippen molar-refractivity contribution in [3.05, 3.63) is 220 Å². The number of carbonyl (C=O) groups excluding carboxylic acids is 3. The minimum Gasteiger partial charge on any atom is -0.308 e. The summed E-state index contributed by atoms with van der Waals surface area (Å²) in [4.78, 5) is 86.4. The Kier molecular flexibility index (Phi) is 17.5. The fraction of sp³-hybridized carbons (Fsp3) is 0.226. The molecule has 4 amide bonds. The van der Waals surface area contributed by atoms with Gasteiger partial charge in [-0.3, -0.25) is 35.1 Å². The Hall–Kier alpha value is -10.6. The molecule has 1 aromatic heterocycles. The SMILES string of the molecule is CC(C)(C)c1ccc(CC(=O)Cc2ccc([N+](=O)[O-])cc2)c(C#Cc2nc(C#Cc3cc(C(C)(C)C)ccc3NC(=O)Nc3ccc([N+](=O)[O-])cc3)nc(C#Cc3cc(C(C)(C)C)ccc3NC(=O)Nc3ccc([N+](=O)[O-])cc3)n2)c1. The third kappa shape index (κ3) is 16.2. The van der Waals surface area contributed by atoms with Gasteiger partial charge in [-0.2, -0.15) is 15.0 Å². The highest BCUT2D eigenvalue weighted by atomic mass is 16.6. The fourth-order valence-electron chi connectivity index (χ4n) is 7.81. The molecule has 7 rings (SSSR count). The molecule has 0 unspecified atom stereocenters. The molecule has 0 fully saturated rings. The first kappa shape index (κ1) is 58.1. The number of aromatic nitrogens is 3. The summed E-state index contributed by atoms with van der Waals surface area (Å²) in [6, 6.07) is 31.8. The predicted octanol–water partition coefficient (Wildman–Crippen LogP) is 12.3. The molecule has 81 heavy (non-hydrogen) atoms. The van der Waals surface area contributed by atoms with Gasteiger partial charge in [0, 0.05) is 77.3 Å². The Morgan fingerprint density at radius 3 is 1.11 bits per heavy atom. The van der Waals surface area contributed by atoms with Gasteiger partial charge in [-0.05, 0) is 116 Å². The van der Waals surface area contributed by atoms with Gasteiger partial charge in [-0.25, -0.2) is 9.59 Å². The molecular weight excluding hydrogens is 1030 g/mol. The molecular formula is C62H56N10O9. The maximum atomic E-state index is 13.6. The molecule has 7 aromatic rings. The monoisotopic (exact) mass is 1080 g/mol. The normalized spacial score (nSPS) is 11.0. The van der Waals surface area contributed by atoms with Crippen LogP contribution in [0.1, 0.15) is 124 Å². The summed E-state index contributed by atoms with van der Waals surface area (Å²) in [7, 11) is 0. The summed E-state index contributed by atoms with van der Waals surface area (Å²) >= 11 is 0. The van der Waals surface area contributed by atoms with E-state index in [1.165, 1.54) is 60.7 Å². The van der Waals surface area contributed by atoms with Crippen molar-refractivity contribution in [2.75, 3.05) is 21.3 Å². The van der Waals surface area contributed by atoms with E-state index in [0.717, 1.165) is 16.7 Å². The van der Waals surface area contributed by atoms with E-state index in [4.69, 9.17) is 0 Å². The molecule has 0 saturated carbocycles. The Morgan fingerprint density at radius 2 is 0.753 bits per heavy atom. The predicted molar refractivity (Wildman–Crippen MR) is 310 cm³/mol. The molecule has 408 valence electrons. The number of carbonyl (C=O) groups is 3. The second kappa shape index (κ2) is 24.4. The lowest BCUT2D eigenvalue weighted by molar-refractivity contribution is -0.385. The van der Waals surface area contributed by atoms with Crippen LogP contribution in [0.3, 0.4) is 0 Å². The number of hydrogen-bond donors (Lipinski definition) is 4. The number of nitro benzene ring substituents is 3. The largest absolute Gasteiger partial charge is 0.323 e. The van der Waals surface area contributed by atoms with Crippen LogP contribution in [0.15, 0.2) is 127 Å². The number of nitro groups is 3. The number of amides is 4. The number of non-ortho nitro benzene ring substituents is 3. The van der Waals surface area contributed by atoms with E-state index in [1.54, 1.807) is 24.3 Å². The van der Waals surface area contributed by atoms with Gasteiger partial charge in [0.05, 0.1) is 26.1 Å². The Balaban J connectivity index is 1.31. The zero-order valence-corrected chi connectivity index (χ0v) is 45.9. The molecule has 0 aliphatic rings. The zero-order valence-electron chi connectivity index (χ0n) is 45.9. The molecule has 0 bridgehead atoms. The first-order valence-electron chi connectivity index (χ1n) is 25.3. The van der Waals surface area contributed by atoms with Crippen molar-refractivity contribution in [2.24, 2.45) is 0 Å². The molecule has 1 heterocycles. The average Bonchev–Trinajstić information content (AvgIpc) is 3.41. The van der Waals surface area contributed by atoms with Crippen molar-refractivity contribution >= 4 is 57.7 Å². The van der Waals surface area contributed by atoms with Crippen molar-refractivity contribution in [1.29, 1.82) is 0 Å². The number of benzene rings is 6. The van der Waals surface area contributed by atoms with E-state index >= 15 is 0 Å². The van der Waals surface area contributed by atoms with Crippen LogP contribution >= 0.6 is 0 Å². The molecule has 19 heteroatoms. The van der Waals surface area contributed by atoms with Gasteiger partial charge in [0.25, 0.3) is 17.1 Å². The molecule has 0 radical (unpaired) electrons. The van der Waals surface area contributed by atoms with Gasteiger partial charge >= 0.3 is 12.1 Å². The topological polar surface area (TPSA) is 267 Å². The highest BCUT2D eigenvalue weighted by molar-refractivity contribution is 6.01. The number of hydrogen-bond acceptors (Lipinski definition) is 12. The van der Waals surface area contributed by atoms with Crippen LogP contribution in [0.4, 0.5) is 49.4 Å². The third-order valence-corrected chi connectivity index (χ3v) is 12.4. The van der Waals surface area contributed by atoms with Crippen molar-refractivity contribution in [3.8, 4) is 35.5 Å². The lowest BCUT2D eigenvalue weighted by Gasteiger charge is -2.20. The van der Waals surface area contributed by atoms with Crippen LogP contribution in [0.5, 0.6) is 0 Å². The molecule has 19 nitrogen and oxygen atoms in total. The molecule has 6 aromatic carbocycles. The van der Waals surface area contributed by atoms with Crippen molar-refractivity contribution in [1.82, 2.24) is 15.0 Å². The Bertz CT molecular complexity index is 3410. The second-order valence-corrected chi connectivity index (χ2v) is 21.8. The van der Waals surface area contributed by atoms with Crippen LogP contribution < -0.4 is 21.3 Å². The second-order valence-electron chi connectivity index (χ2n) is 21.8. The van der Waals surface area contributed by atoms with E-state index in [2.05, 4.69) is 71.7 Å². The third-order valence-electron chi connectivity index (χ3n) is 12.4. The number of nitrogens with one attached hydrogen (secondary N) is 4. The standard InChI is InChI=1S/C62H56N10O9/c1-60(2,3)44-16-12-41(38-52(73)34-39-10-23-49(24-11-39)70(76)77)40(35-44)13-31-55-67-56(32-14-42-36-45(61(4,5)6)17-29-53(42)65-58(74)63-47-19-25-50(26-20-47)71(78)79)69-57(68-55)33-15-43-37-46(62(7,8)9)18-30-54(43)66-59(75)64-48-21-27-51(28-22-48)72(80)81/h10-12,16-30,35-37H,34,38H2,1-9H3,(H2,63,65,74)(H2,64,66,75). The summed E-state index contributed by atoms with van der Waals surface area (Å²) in [5.74, 6) is 18.3. The van der Waals surface area contributed by atoms with Crippen molar-refractivity contribution in [3.63, 3.8) is 0 Å². The highest BCUT2D eigenvalue weighted by Crippen LogP contribution is 2.30. The number of nitrogens with zero attached hydrogens (tertiary/aromatic N) is 6. The van der Waals surface area contributed by atoms with Gasteiger partial charge in [0.15, 0.2) is 0 Å². The van der Waals surface area contributed by atoms with Gasteiger partial charge in [-0.1, -0.05) is 116 Å². The van der Waals surface area contributed by atoms with Crippen LogP contribution in [0.25, 0.3) is 0 Å². The number of anilines is 4. The van der Waals surface area contributed by atoms with E-state index in [1.807, 2.05) is 105 Å². The number of Topliss-reactive ketones (excluding diaryl/α,β-unsaturated/α-hetero) is 1. The quantitative estimate of drug-likeness (QED) is 0.0535. The summed E-state index contributed by atoms with van der Waals surface area (Å²) in [6.45, 7) is 18.3. The first-order chi connectivity index (χ1) is 38.2. The minimum atomic E-state index is -0.637. The first-order valence-corrected chi connectivity index (χ1v) is 25.3. The lowest BCUT2D eigenvalue weighted by atomic mass is 9.84. The summed E-state index contributed by atoms with van der Waals surface area (Å²) < 4.78 is 0. The van der Waals surface area contributed by atoms with E-state index < -0.39 is 26.8 Å². The zero-order chi connectivity index (χ0) is 58.8. The number of rotatable bonds is 11. The smallest absolute Gasteiger partial charge is 0.308 e. The molecule has 0 aliphatic heterocycles. The molecule has 0 spiro atoms. The van der Waals surface area contributed by atoms with E-state index in [0.29, 0.717) is 50.6 Å². The minimum absolute atomic E-state index is 0.00186. The fourth-order valence-corrected chi connectivity index (χ4v) is 7.81. The number of urea groups is 2. The van der Waals surface area contributed by atoms with Gasteiger partial charge in [0.1, 0.15) is 5.78 Å². The van der Waals surface area contributed by atoms with Crippen LogP contribution in [-0.2, 0) is 33.9 Å². The van der Waals surface area contributed by atoms with Crippen LogP contribution in [-0.4, -0.2) is 47.6 Å². The summed E-state index contributed by atoms with van der Waals surface area (Å²) in [6.07, 6.45) is 0.0337. The Labute approximate surface area is 467 Å². The van der Waals surface area contributed by atoms with Gasteiger partial charge < -0.3 is 21.3 Å². The van der Waals surface area contributed by atoms with Crippen LogP contribution in [0.2, 0.25) is 0 Å². The van der Waals surface area contributed by atoms with E-state index in [9.17, 15) is 44.7 Å². The maximum Gasteiger partial charge on any atom is 0.323 e. The molecule has 0 aliphatic carbocycles. The van der Waals surface area contributed by atoms with Crippen molar-refractivity contribution < 1.29 is 29.2 Å². The van der Waals surface area contributed by atoms with Crippen LogP contribution in [0, 0.1) is 65.9 Å². The van der Waals surface area contributed by atoms with Crippen molar-refractivity contribution in [2.45, 2.75) is 91.4 Å². The molecule has 4 N–H and O–H groups in total. The molecule has 0 atom stereocenters. The average molecular weight is 1090 g/mol. The summed E-state index contributed by atoms with van der Waals surface area (Å²) in [5.41, 5.74) is 5.25. The lowest BCUT2D eigenvalue weighted by Crippen LogP contribution is -2.20. The maximum absolute atomic E-state index is 13.6. The highest BCUT2D eigenvalue weighted by Gasteiger charge is 2.20. The molecule has 0 saturated heterocycles.